The molecule has 0 aromatic carbocycles. The lowest BCUT2D eigenvalue weighted by atomic mass is 10.1. The van der Waals surface area contributed by atoms with Gasteiger partial charge in [-0.3, -0.25) is 4.68 Å². The molecule has 1 aliphatic rings. The average Bonchev–Trinajstić information content (AvgIpc) is 3.05. The number of amides is 2. The quantitative estimate of drug-likeness (QED) is 0.904. The van der Waals surface area contributed by atoms with E-state index >= 15 is 0 Å². The summed E-state index contributed by atoms with van der Waals surface area (Å²) in [5.74, 6) is 1.03. The largest absolute Gasteiger partial charge is 0.357 e. The fourth-order valence-corrected chi connectivity index (χ4v) is 3.04. The van der Waals surface area contributed by atoms with E-state index in [0.29, 0.717) is 13.1 Å². The van der Waals surface area contributed by atoms with Crippen molar-refractivity contribution in [3.05, 3.63) is 41.9 Å². The van der Waals surface area contributed by atoms with Gasteiger partial charge in [0.15, 0.2) is 0 Å². The molecule has 0 aliphatic carbocycles. The average molecular weight is 342 g/mol. The standard InChI is InChI=1S/C18H26N6O/c1-22(13-16-12-21-23(2)14-16)18(25)20-11-15-6-7-17(19-10-15)24-8-4-3-5-9-24/h6-7,10,12,14H,3-5,8-9,11,13H2,1-2H3,(H,20,25). The van der Waals surface area contributed by atoms with Crippen LogP contribution in [-0.2, 0) is 20.1 Å². The van der Waals surface area contributed by atoms with Crippen LogP contribution in [0, 0.1) is 0 Å². The monoisotopic (exact) mass is 342 g/mol. The highest BCUT2D eigenvalue weighted by molar-refractivity contribution is 5.73. The van der Waals surface area contributed by atoms with Gasteiger partial charge in [-0.05, 0) is 30.9 Å². The summed E-state index contributed by atoms with van der Waals surface area (Å²) in [5.41, 5.74) is 2.01. The lowest BCUT2D eigenvalue weighted by Crippen LogP contribution is -2.36. The number of piperidine rings is 1. The molecule has 0 bridgehead atoms. The van der Waals surface area contributed by atoms with Crippen molar-refractivity contribution in [2.24, 2.45) is 7.05 Å². The van der Waals surface area contributed by atoms with Crippen LogP contribution >= 0.6 is 0 Å². The molecule has 7 nitrogen and oxygen atoms in total. The minimum atomic E-state index is -0.107. The molecule has 2 aromatic heterocycles. The van der Waals surface area contributed by atoms with Crippen LogP contribution in [0.25, 0.3) is 0 Å². The van der Waals surface area contributed by atoms with Gasteiger partial charge in [0.05, 0.1) is 12.7 Å². The second-order valence-corrected chi connectivity index (χ2v) is 6.61. The molecule has 2 amide bonds. The zero-order chi connectivity index (χ0) is 17.6. The third kappa shape index (κ3) is 4.71. The van der Waals surface area contributed by atoms with Gasteiger partial charge in [-0.25, -0.2) is 9.78 Å². The first kappa shape index (κ1) is 17.3. The number of carbonyl (C=O) groups excluding carboxylic acids is 1. The maximum Gasteiger partial charge on any atom is 0.317 e. The van der Waals surface area contributed by atoms with Gasteiger partial charge in [-0.1, -0.05) is 6.07 Å². The molecule has 0 radical (unpaired) electrons. The highest BCUT2D eigenvalue weighted by Gasteiger charge is 2.12. The van der Waals surface area contributed by atoms with Gasteiger partial charge < -0.3 is 15.1 Å². The van der Waals surface area contributed by atoms with E-state index in [-0.39, 0.29) is 6.03 Å². The van der Waals surface area contributed by atoms with E-state index in [1.165, 1.54) is 19.3 Å². The van der Waals surface area contributed by atoms with E-state index in [9.17, 15) is 4.79 Å². The van der Waals surface area contributed by atoms with Crippen LogP contribution < -0.4 is 10.2 Å². The first-order valence-electron chi connectivity index (χ1n) is 8.78. The predicted molar refractivity (Wildman–Crippen MR) is 97.2 cm³/mol. The van der Waals surface area contributed by atoms with Crippen LogP contribution in [0.2, 0.25) is 0 Å². The molecule has 1 N–H and O–H groups in total. The predicted octanol–water partition coefficient (Wildman–Crippen LogP) is 2.15. The number of anilines is 1. The van der Waals surface area contributed by atoms with Gasteiger partial charge in [-0.2, -0.15) is 5.10 Å². The second-order valence-electron chi connectivity index (χ2n) is 6.61. The van der Waals surface area contributed by atoms with E-state index in [1.807, 2.05) is 31.6 Å². The van der Waals surface area contributed by atoms with Crippen molar-refractivity contribution < 1.29 is 4.79 Å². The van der Waals surface area contributed by atoms with Crippen molar-refractivity contribution in [1.29, 1.82) is 0 Å². The Morgan fingerprint density at radius 3 is 2.64 bits per heavy atom. The third-order valence-electron chi connectivity index (χ3n) is 4.46. The number of aromatic nitrogens is 3. The Bertz CT molecular complexity index is 690. The molecule has 0 spiro atoms. The van der Waals surface area contributed by atoms with Crippen LogP contribution in [0.4, 0.5) is 10.6 Å². The van der Waals surface area contributed by atoms with Gasteiger partial charge in [0, 0.05) is 51.7 Å². The number of hydrogen-bond acceptors (Lipinski definition) is 4. The summed E-state index contributed by atoms with van der Waals surface area (Å²) in [7, 11) is 3.64. The number of nitrogens with one attached hydrogen (secondary N) is 1. The Hall–Kier alpha value is -2.57. The molecule has 25 heavy (non-hydrogen) atoms. The smallest absolute Gasteiger partial charge is 0.317 e. The van der Waals surface area contributed by atoms with E-state index in [4.69, 9.17) is 0 Å². The first-order chi connectivity index (χ1) is 12.1. The van der Waals surface area contributed by atoms with Crippen molar-refractivity contribution in [2.75, 3.05) is 25.0 Å². The fourth-order valence-electron chi connectivity index (χ4n) is 3.04. The van der Waals surface area contributed by atoms with Crippen molar-refractivity contribution in [2.45, 2.75) is 32.4 Å². The van der Waals surface area contributed by atoms with Gasteiger partial charge >= 0.3 is 6.03 Å². The van der Waals surface area contributed by atoms with Crippen LogP contribution in [0.3, 0.4) is 0 Å². The van der Waals surface area contributed by atoms with Gasteiger partial charge in [-0.15, -0.1) is 0 Å². The Balaban J connectivity index is 1.48. The van der Waals surface area contributed by atoms with Crippen LogP contribution in [-0.4, -0.2) is 45.8 Å². The Morgan fingerprint density at radius 1 is 1.20 bits per heavy atom. The second kappa shape index (κ2) is 8.00. The van der Waals surface area contributed by atoms with Crippen molar-refractivity contribution in [1.82, 2.24) is 25.0 Å². The number of aryl methyl sites for hydroxylation is 1. The zero-order valence-corrected chi connectivity index (χ0v) is 15.0. The van der Waals surface area contributed by atoms with Crippen LogP contribution in [0.1, 0.15) is 30.4 Å². The number of carbonyl (C=O) groups is 1. The zero-order valence-electron chi connectivity index (χ0n) is 15.0. The van der Waals surface area contributed by atoms with E-state index in [0.717, 1.165) is 30.0 Å². The highest BCUT2D eigenvalue weighted by Crippen LogP contribution is 2.17. The van der Waals surface area contributed by atoms with E-state index in [1.54, 1.807) is 22.8 Å². The van der Waals surface area contributed by atoms with Gasteiger partial charge in [0.25, 0.3) is 0 Å². The van der Waals surface area contributed by atoms with E-state index < -0.39 is 0 Å². The number of pyridine rings is 1. The molecular weight excluding hydrogens is 316 g/mol. The summed E-state index contributed by atoms with van der Waals surface area (Å²) < 4.78 is 1.73. The topological polar surface area (TPSA) is 66.3 Å². The fraction of sp³-hybridized carbons (Fsp3) is 0.500. The summed E-state index contributed by atoms with van der Waals surface area (Å²) in [6.07, 6.45) is 9.32. The first-order valence-corrected chi connectivity index (χ1v) is 8.78. The summed E-state index contributed by atoms with van der Waals surface area (Å²) in [6, 6.07) is 3.98. The number of nitrogens with zero attached hydrogens (tertiary/aromatic N) is 5. The molecule has 0 unspecified atom stereocenters. The lowest BCUT2D eigenvalue weighted by Gasteiger charge is -2.27. The molecular formula is C18H26N6O. The maximum atomic E-state index is 12.2. The van der Waals surface area contributed by atoms with Crippen molar-refractivity contribution >= 4 is 11.8 Å². The molecule has 1 fully saturated rings. The summed E-state index contributed by atoms with van der Waals surface area (Å²) in [4.78, 5) is 20.7. The van der Waals surface area contributed by atoms with Crippen LogP contribution in [0.15, 0.2) is 30.7 Å². The molecule has 0 saturated carbocycles. The Morgan fingerprint density at radius 2 is 2.00 bits per heavy atom. The summed E-state index contributed by atoms with van der Waals surface area (Å²) >= 11 is 0. The minimum absolute atomic E-state index is 0.107. The third-order valence-corrected chi connectivity index (χ3v) is 4.46. The van der Waals surface area contributed by atoms with Gasteiger partial charge in [0.1, 0.15) is 5.82 Å². The van der Waals surface area contributed by atoms with Crippen LogP contribution in [0.5, 0.6) is 0 Å². The SMILES string of the molecule is CN(Cc1cnn(C)c1)C(=O)NCc1ccc(N2CCCCC2)nc1. The lowest BCUT2D eigenvalue weighted by molar-refractivity contribution is 0.206. The van der Waals surface area contributed by atoms with Crippen molar-refractivity contribution in [3.8, 4) is 0 Å². The Labute approximate surface area is 148 Å². The van der Waals surface area contributed by atoms with E-state index in [2.05, 4.69) is 20.3 Å². The molecule has 2 aromatic rings. The van der Waals surface area contributed by atoms with Gasteiger partial charge in [0.2, 0.25) is 0 Å². The number of hydrogen-bond donors (Lipinski definition) is 1. The molecule has 3 heterocycles. The number of urea groups is 1. The molecule has 7 heteroatoms. The normalized spacial score (nSPS) is 14.4. The summed E-state index contributed by atoms with van der Waals surface area (Å²) in [5, 5.41) is 7.05. The highest BCUT2D eigenvalue weighted by atomic mass is 16.2. The molecule has 1 saturated heterocycles. The minimum Gasteiger partial charge on any atom is -0.357 e. The molecule has 0 atom stereocenters. The molecule has 3 rings (SSSR count). The maximum absolute atomic E-state index is 12.2. The number of rotatable bonds is 5. The molecule has 134 valence electrons. The Kier molecular flexibility index (Phi) is 5.53. The van der Waals surface area contributed by atoms with Crippen molar-refractivity contribution in [3.63, 3.8) is 0 Å². The molecule has 1 aliphatic heterocycles. The summed E-state index contributed by atoms with van der Waals surface area (Å²) in [6.45, 7) is 3.18.